The molecule has 0 spiro atoms. The molecule has 0 aliphatic heterocycles. The van der Waals surface area contributed by atoms with Crippen LogP contribution in [0.3, 0.4) is 0 Å². The second kappa shape index (κ2) is 7.15. The van der Waals surface area contributed by atoms with E-state index in [0.29, 0.717) is 19.1 Å². The first kappa shape index (κ1) is 15.4. The van der Waals surface area contributed by atoms with E-state index in [4.69, 9.17) is 0 Å². The van der Waals surface area contributed by atoms with Crippen LogP contribution in [-0.2, 0) is 11.3 Å². The van der Waals surface area contributed by atoms with Gasteiger partial charge >= 0.3 is 0 Å². The van der Waals surface area contributed by atoms with Crippen LogP contribution in [0.25, 0.3) is 0 Å². The molecule has 2 rings (SSSR count). The molecular formula is C14H23N3O2S. The molecule has 1 aromatic heterocycles. The Hall–Kier alpha value is -0.980. The van der Waals surface area contributed by atoms with Crippen molar-refractivity contribution in [2.24, 2.45) is 0 Å². The van der Waals surface area contributed by atoms with Crippen molar-refractivity contribution in [3.63, 3.8) is 0 Å². The molecule has 20 heavy (non-hydrogen) atoms. The average Bonchev–Trinajstić information content (AvgIpc) is 2.76. The molecule has 1 aliphatic carbocycles. The smallest absolute Gasteiger partial charge is 0.225 e. The standard InChI is InChI=1S/C14H23N3O2S/c1-3-17(11(2)19)14-15-12(10-20-14)9-16(7-8-18)13-5-4-6-13/h10,13,18H,3-9H2,1-2H3. The summed E-state index contributed by atoms with van der Waals surface area (Å²) in [6.07, 6.45) is 3.71. The molecule has 0 atom stereocenters. The van der Waals surface area contributed by atoms with Crippen molar-refractivity contribution in [2.75, 3.05) is 24.6 Å². The summed E-state index contributed by atoms with van der Waals surface area (Å²) in [6, 6.07) is 0.586. The number of carbonyl (C=O) groups excluding carboxylic acids is 1. The van der Waals surface area contributed by atoms with Gasteiger partial charge in [-0.3, -0.25) is 14.6 Å². The fraction of sp³-hybridized carbons (Fsp3) is 0.714. The van der Waals surface area contributed by atoms with Gasteiger partial charge in [0.25, 0.3) is 0 Å². The summed E-state index contributed by atoms with van der Waals surface area (Å²) < 4.78 is 0. The average molecular weight is 297 g/mol. The highest BCUT2D eigenvalue weighted by Crippen LogP contribution is 2.27. The lowest BCUT2D eigenvalue weighted by Crippen LogP contribution is -2.41. The highest BCUT2D eigenvalue weighted by molar-refractivity contribution is 7.14. The summed E-state index contributed by atoms with van der Waals surface area (Å²) >= 11 is 1.51. The third-order valence-corrected chi connectivity index (χ3v) is 4.72. The van der Waals surface area contributed by atoms with Crippen LogP contribution in [0.1, 0.15) is 38.8 Å². The second-order valence-electron chi connectivity index (χ2n) is 5.16. The number of aliphatic hydroxyl groups excluding tert-OH is 1. The van der Waals surface area contributed by atoms with Gasteiger partial charge in [-0.05, 0) is 19.8 Å². The Bertz CT molecular complexity index is 445. The fourth-order valence-corrected chi connectivity index (χ4v) is 3.39. The Kier molecular flexibility index (Phi) is 5.51. The number of aromatic nitrogens is 1. The van der Waals surface area contributed by atoms with Crippen LogP contribution in [-0.4, -0.2) is 46.6 Å². The highest BCUT2D eigenvalue weighted by Gasteiger charge is 2.25. The first-order chi connectivity index (χ1) is 9.65. The predicted octanol–water partition coefficient (Wildman–Crippen LogP) is 1.86. The largest absolute Gasteiger partial charge is 0.395 e. The number of hydrogen-bond donors (Lipinski definition) is 1. The summed E-state index contributed by atoms with van der Waals surface area (Å²) in [4.78, 5) is 20.1. The summed E-state index contributed by atoms with van der Waals surface area (Å²) in [5, 5.41) is 12.0. The van der Waals surface area contributed by atoms with Crippen LogP contribution in [0, 0.1) is 0 Å². The summed E-state index contributed by atoms with van der Waals surface area (Å²) in [6.45, 7) is 5.80. The molecule has 1 heterocycles. The zero-order valence-electron chi connectivity index (χ0n) is 12.2. The van der Waals surface area contributed by atoms with Crippen LogP contribution < -0.4 is 4.90 Å². The molecule has 5 nitrogen and oxygen atoms in total. The molecule has 1 fully saturated rings. The molecule has 6 heteroatoms. The molecule has 1 N–H and O–H groups in total. The van der Waals surface area contributed by atoms with Crippen LogP contribution in [0.5, 0.6) is 0 Å². The molecule has 1 amide bonds. The number of aliphatic hydroxyl groups is 1. The van der Waals surface area contributed by atoms with Gasteiger partial charge < -0.3 is 5.11 Å². The van der Waals surface area contributed by atoms with Crippen molar-refractivity contribution in [1.29, 1.82) is 0 Å². The lowest BCUT2D eigenvalue weighted by molar-refractivity contribution is -0.116. The molecular weight excluding hydrogens is 274 g/mol. The summed E-state index contributed by atoms with van der Waals surface area (Å²) in [5.41, 5.74) is 0.991. The van der Waals surface area contributed by atoms with Gasteiger partial charge in [0.2, 0.25) is 5.91 Å². The monoisotopic (exact) mass is 297 g/mol. The minimum atomic E-state index is 0.0274. The highest BCUT2D eigenvalue weighted by atomic mass is 32.1. The molecule has 0 saturated heterocycles. The number of rotatable bonds is 7. The molecule has 1 saturated carbocycles. The number of amides is 1. The Labute approximate surface area is 124 Å². The maximum Gasteiger partial charge on any atom is 0.225 e. The maximum absolute atomic E-state index is 11.5. The number of nitrogens with zero attached hydrogens (tertiary/aromatic N) is 3. The van der Waals surface area contributed by atoms with Crippen LogP contribution in [0.15, 0.2) is 5.38 Å². The SMILES string of the molecule is CCN(C(C)=O)c1nc(CN(CCO)C2CCC2)cs1. The Morgan fingerprint density at radius 2 is 2.30 bits per heavy atom. The zero-order chi connectivity index (χ0) is 14.5. The summed E-state index contributed by atoms with van der Waals surface area (Å²) in [5.74, 6) is 0.0274. The minimum Gasteiger partial charge on any atom is -0.395 e. The van der Waals surface area contributed by atoms with Gasteiger partial charge in [0.05, 0.1) is 12.3 Å². The zero-order valence-corrected chi connectivity index (χ0v) is 13.0. The Morgan fingerprint density at radius 1 is 1.55 bits per heavy atom. The molecule has 1 aromatic rings. The van der Waals surface area contributed by atoms with Gasteiger partial charge in [0, 0.05) is 38.0 Å². The Morgan fingerprint density at radius 3 is 2.80 bits per heavy atom. The van der Waals surface area contributed by atoms with E-state index < -0.39 is 0 Å². The van der Waals surface area contributed by atoms with Crippen molar-refractivity contribution >= 4 is 22.4 Å². The fourth-order valence-electron chi connectivity index (χ4n) is 2.46. The molecule has 0 bridgehead atoms. The van der Waals surface area contributed by atoms with Crippen molar-refractivity contribution in [2.45, 2.75) is 45.7 Å². The van der Waals surface area contributed by atoms with Gasteiger partial charge in [0.15, 0.2) is 5.13 Å². The van der Waals surface area contributed by atoms with E-state index in [-0.39, 0.29) is 12.5 Å². The van der Waals surface area contributed by atoms with E-state index in [2.05, 4.69) is 9.88 Å². The third kappa shape index (κ3) is 3.56. The molecule has 1 aliphatic rings. The van der Waals surface area contributed by atoms with Crippen molar-refractivity contribution in [3.05, 3.63) is 11.1 Å². The third-order valence-electron chi connectivity index (χ3n) is 3.81. The number of carbonyl (C=O) groups is 1. The van der Waals surface area contributed by atoms with E-state index in [9.17, 15) is 9.90 Å². The summed E-state index contributed by atoms with van der Waals surface area (Å²) in [7, 11) is 0. The van der Waals surface area contributed by atoms with Crippen LogP contribution in [0.2, 0.25) is 0 Å². The number of hydrogen-bond acceptors (Lipinski definition) is 5. The maximum atomic E-state index is 11.5. The van der Waals surface area contributed by atoms with Gasteiger partial charge in [-0.1, -0.05) is 6.42 Å². The molecule has 0 unspecified atom stereocenters. The van der Waals surface area contributed by atoms with Crippen molar-refractivity contribution in [3.8, 4) is 0 Å². The van der Waals surface area contributed by atoms with E-state index in [1.807, 2.05) is 12.3 Å². The van der Waals surface area contributed by atoms with Crippen molar-refractivity contribution < 1.29 is 9.90 Å². The first-order valence-corrected chi connectivity index (χ1v) is 8.11. The lowest BCUT2D eigenvalue weighted by atomic mass is 9.91. The van der Waals surface area contributed by atoms with Crippen LogP contribution in [0.4, 0.5) is 5.13 Å². The number of anilines is 1. The first-order valence-electron chi connectivity index (χ1n) is 7.23. The van der Waals surface area contributed by atoms with Crippen molar-refractivity contribution in [1.82, 2.24) is 9.88 Å². The van der Waals surface area contributed by atoms with Gasteiger partial charge in [-0.15, -0.1) is 11.3 Å². The topological polar surface area (TPSA) is 56.7 Å². The van der Waals surface area contributed by atoms with E-state index >= 15 is 0 Å². The van der Waals surface area contributed by atoms with E-state index in [1.165, 1.54) is 30.6 Å². The molecule has 112 valence electrons. The van der Waals surface area contributed by atoms with Gasteiger partial charge in [-0.25, -0.2) is 4.98 Å². The molecule has 0 aromatic carbocycles. The normalized spacial score (nSPS) is 15.4. The van der Waals surface area contributed by atoms with E-state index in [1.54, 1.807) is 11.8 Å². The molecule has 0 radical (unpaired) electrons. The van der Waals surface area contributed by atoms with E-state index in [0.717, 1.165) is 17.4 Å². The lowest BCUT2D eigenvalue weighted by Gasteiger charge is -2.36. The predicted molar refractivity (Wildman–Crippen MR) is 80.9 cm³/mol. The Balaban J connectivity index is 2.01. The second-order valence-corrected chi connectivity index (χ2v) is 6.00. The van der Waals surface area contributed by atoms with Gasteiger partial charge in [0.1, 0.15) is 0 Å². The quantitative estimate of drug-likeness (QED) is 0.834. The van der Waals surface area contributed by atoms with Crippen LogP contribution >= 0.6 is 11.3 Å². The minimum absolute atomic E-state index is 0.0274. The van der Waals surface area contributed by atoms with Gasteiger partial charge in [-0.2, -0.15) is 0 Å². The number of thiazole rings is 1.